The minimum Gasteiger partial charge on any atom is -0.389 e. The Morgan fingerprint density at radius 1 is 1.50 bits per heavy atom. The van der Waals surface area contributed by atoms with Crippen molar-refractivity contribution >= 4 is 5.82 Å². The molecule has 1 rings (SSSR count). The zero-order valence-electron chi connectivity index (χ0n) is 13.0. The minimum atomic E-state index is -0.515. The fourth-order valence-corrected chi connectivity index (χ4v) is 2.18. The molecule has 0 aliphatic rings. The lowest BCUT2D eigenvalue weighted by Crippen LogP contribution is -2.33. The van der Waals surface area contributed by atoms with Gasteiger partial charge in [-0.25, -0.2) is 4.98 Å². The Morgan fingerprint density at radius 3 is 2.90 bits per heavy atom. The quantitative estimate of drug-likeness (QED) is 0.720. The first-order valence-electron chi connectivity index (χ1n) is 7.16. The number of hydrogen-bond acceptors (Lipinski definition) is 5. The normalized spacial score (nSPS) is 14.1. The zero-order chi connectivity index (χ0) is 15.0. The predicted molar refractivity (Wildman–Crippen MR) is 82.1 cm³/mol. The molecular formula is C15H27N3O2. The van der Waals surface area contributed by atoms with Crippen molar-refractivity contribution in [3.63, 3.8) is 0 Å². The number of methoxy groups -OCH3 is 1. The molecule has 5 heteroatoms. The van der Waals surface area contributed by atoms with Gasteiger partial charge in [-0.3, -0.25) is 0 Å². The number of hydrogen-bond donors (Lipinski definition) is 2. The summed E-state index contributed by atoms with van der Waals surface area (Å²) in [6, 6.07) is 4.26. The number of aliphatic hydroxyl groups is 1. The molecule has 20 heavy (non-hydrogen) atoms. The summed E-state index contributed by atoms with van der Waals surface area (Å²) >= 11 is 0. The van der Waals surface area contributed by atoms with Crippen LogP contribution >= 0.6 is 0 Å². The van der Waals surface area contributed by atoms with Crippen LogP contribution in [0.3, 0.4) is 0 Å². The molecule has 1 heterocycles. The lowest BCUT2D eigenvalue weighted by atomic mass is 10.1. The smallest absolute Gasteiger partial charge is 0.133 e. The second kappa shape index (κ2) is 8.89. The average molecular weight is 281 g/mol. The number of aromatic nitrogens is 1. The molecule has 0 radical (unpaired) electrons. The molecule has 0 saturated heterocycles. The molecule has 2 N–H and O–H groups in total. The van der Waals surface area contributed by atoms with Gasteiger partial charge in [0.05, 0.1) is 12.7 Å². The van der Waals surface area contributed by atoms with Crippen LogP contribution in [0.25, 0.3) is 0 Å². The number of rotatable bonds is 9. The minimum absolute atomic E-state index is 0.237. The molecular weight excluding hydrogens is 254 g/mol. The summed E-state index contributed by atoms with van der Waals surface area (Å²) < 4.78 is 4.96. The summed E-state index contributed by atoms with van der Waals surface area (Å²) in [5.74, 6) is 0.902. The van der Waals surface area contributed by atoms with Crippen molar-refractivity contribution in [2.45, 2.75) is 32.4 Å². The Labute approximate surface area is 122 Å². The molecule has 2 atom stereocenters. The Hall–Kier alpha value is -1.17. The second-order valence-corrected chi connectivity index (χ2v) is 5.08. The number of likely N-dealkylation sites (N-methyl/N-ethyl adjacent to an activating group) is 1. The van der Waals surface area contributed by atoms with E-state index >= 15 is 0 Å². The van der Waals surface area contributed by atoms with Crippen LogP contribution in [-0.2, 0) is 4.74 Å². The van der Waals surface area contributed by atoms with Gasteiger partial charge in [0.1, 0.15) is 5.82 Å². The largest absolute Gasteiger partial charge is 0.389 e. The molecule has 0 fully saturated rings. The van der Waals surface area contributed by atoms with Crippen LogP contribution < -0.4 is 10.2 Å². The fourth-order valence-electron chi connectivity index (χ4n) is 2.18. The number of pyridine rings is 1. The molecule has 1 aromatic rings. The molecule has 0 bridgehead atoms. The lowest BCUT2D eigenvalue weighted by Gasteiger charge is -2.26. The van der Waals surface area contributed by atoms with Gasteiger partial charge in [0, 0.05) is 38.5 Å². The standard InChI is InChI=1S/C15H27N3O2/c1-5-8-16-12(2)14-7-6-9-17-15(14)18(3)10-13(19)11-20-4/h6-7,9,12-13,16,19H,5,8,10-11H2,1-4H3. The van der Waals surface area contributed by atoms with E-state index in [1.54, 1.807) is 13.3 Å². The van der Waals surface area contributed by atoms with E-state index in [1.807, 2.05) is 18.0 Å². The summed E-state index contributed by atoms with van der Waals surface area (Å²) in [6.07, 6.45) is 2.37. The van der Waals surface area contributed by atoms with Gasteiger partial charge >= 0.3 is 0 Å². The van der Waals surface area contributed by atoms with Gasteiger partial charge < -0.3 is 20.1 Å². The second-order valence-electron chi connectivity index (χ2n) is 5.08. The van der Waals surface area contributed by atoms with Gasteiger partial charge in [0.15, 0.2) is 0 Å². The van der Waals surface area contributed by atoms with Gasteiger partial charge in [0.25, 0.3) is 0 Å². The number of nitrogens with one attached hydrogen (secondary N) is 1. The maximum Gasteiger partial charge on any atom is 0.133 e. The maximum atomic E-state index is 9.84. The van der Waals surface area contributed by atoms with Crippen LogP contribution in [0.15, 0.2) is 18.3 Å². The molecule has 0 aliphatic carbocycles. The van der Waals surface area contributed by atoms with Crippen molar-refractivity contribution < 1.29 is 9.84 Å². The summed E-state index contributed by atoms with van der Waals surface area (Å²) in [7, 11) is 3.53. The molecule has 2 unspecified atom stereocenters. The third-order valence-corrected chi connectivity index (χ3v) is 3.19. The van der Waals surface area contributed by atoms with Crippen LogP contribution in [-0.4, -0.2) is 50.0 Å². The highest BCUT2D eigenvalue weighted by atomic mass is 16.5. The average Bonchev–Trinajstić information content (AvgIpc) is 2.44. The summed E-state index contributed by atoms with van der Waals surface area (Å²) in [5.41, 5.74) is 1.15. The Bertz CT molecular complexity index is 387. The molecule has 1 aromatic heterocycles. The van der Waals surface area contributed by atoms with E-state index in [-0.39, 0.29) is 6.04 Å². The van der Waals surface area contributed by atoms with E-state index < -0.39 is 6.10 Å². The lowest BCUT2D eigenvalue weighted by molar-refractivity contribution is 0.0694. The Balaban J connectivity index is 2.78. The highest BCUT2D eigenvalue weighted by Crippen LogP contribution is 2.23. The van der Waals surface area contributed by atoms with Crippen LogP contribution in [0, 0.1) is 0 Å². The molecule has 0 spiro atoms. The van der Waals surface area contributed by atoms with Crippen LogP contribution in [0.1, 0.15) is 31.9 Å². The molecule has 5 nitrogen and oxygen atoms in total. The van der Waals surface area contributed by atoms with Crippen LogP contribution in [0.4, 0.5) is 5.82 Å². The Kier molecular flexibility index (Phi) is 7.51. The van der Waals surface area contributed by atoms with Crippen molar-refractivity contribution in [3.05, 3.63) is 23.9 Å². The van der Waals surface area contributed by atoms with Gasteiger partial charge in [-0.2, -0.15) is 0 Å². The van der Waals surface area contributed by atoms with Gasteiger partial charge in [-0.05, 0) is 26.0 Å². The zero-order valence-corrected chi connectivity index (χ0v) is 13.0. The maximum absolute atomic E-state index is 9.84. The molecule has 0 aliphatic heterocycles. The number of aliphatic hydroxyl groups excluding tert-OH is 1. The van der Waals surface area contributed by atoms with Gasteiger partial charge in [0.2, 0.25) is 0 Å². The molecule has 0 saturated carbocycles. The summed E-state index contributed by atoms with van der Waals surface area (Å²) in [5, 5.41) is 13.3. The van der Waals surface area contributed by atoms with Crippen molar-refractivity contribution in [1.82, 2.24) is 10.3 Å². The molecule has 114 valence electrons. The van der Waals surface area contributed by atoms with E-state index in [0.717, 1.165) is 24.3 Å². The van der Waals surface area contributed by atoms with E-state index in [2.05, 4.69) is 30.2 Å². The van der Waals surface area contributed by atoms with Crippen LogP contribution in [0.2, 0.25) is 0 Å². The SMILES string of the molecule is CCCNC(C)c1cccnc1N(C)CC(O)COC. The van der Waals surface area contributed by atoms with Crippen molar-refractivity contribution in [2.24, 2.45) is 0 Å². The third-order valence-electron chi connectivity index (χ3n) is 3.19. The molecule has 0 amide bonds. The van der Waals surface area contributed by atoms with Crippen LogP contribution in [0.5, 0.6) is 0 Å². The predicted octanol–water partition coefficient (Wildman–Crippen LogP) is 1.59. The summed E-state index contributed by atoms with van der Waals surface area (Å²) in [4.78, 5) is 6.43. The Morgan fingerprint density at radius 2 is 2.25 bits per heavy atom. The van der Waals surface area contributed by atoms with E-state index in [4.69, 9.17) is 4.74 Å². The molecule has 0 aromatic carbocycles. The number of ether oxygens (including phenoxy) is 1. The topological polar surface area (TPSA) is 57.6 Å². The van der Waals surface area contributed by atoms with Crippen molar-refractivity contribution in [2.75, 3.05) is 38.8 Å². The first kappa shape index (κ1) is 16.9. The summed E-state index contributed by atoms with van der Waals surface area (Å²) in [6.45, 7) is 6.09. The first-order valence-corrected chi connectivity index (χ1v) is 7.16. The van der Waals surface area contributed by atoms with E-state index in [1.165, 1.54) is 0 Å². The van der Waals surface area contributed by atoms with Gasteiger partial charge in [-0.15, -0.1) is 0 Å². The van der Waals surface area contributed by atoms with Crippen molar-refractivity contribution in [1.29, 1.82) is 0 Å². The highest BCUT2D eigenvalue weighted by Gasteiger charge is 2.16. The number of anilines is 1. The fraction of sp³-hybridized carbons (Fsp3) is 0.667. The van der Waals surface area contributed by atoms with Gasteiger partial charge in [-0.1, -0.05) is 13.0 Å². The number of nitrogens with zero attached hydrogens (tertiary/aromatic N) is 2. The third kappa shape index (κ3) is 5.07. The van der Waals surface area contributed by atoms with E-state index in [9.17, 15) is 5.11 Å². The highest BCUT2D eigenvalue weighted by molar-refractivity contribution is 5.47. The van der Waals surface area contributed by atoms with Crippen molar-refractivity contribution in [3.8, 4) is 0 Å². The van der Waals surface area contributed by atoms with E-state index in [0.29, 0.717) is 13.2 Å². The monoisotopic (exact) mass is 281 g/mol. The first-order chi connectivity index (χ1) is 9.60.